The molecule has 2 aromatic rings. The summed E-state index contributed by atoms with van der Waals surface area (Å²) in [7, 11) is -7.08. The van der Waals surface area contributed by atoms with Crippen molar-refractivity contribution in [1.29, 1.82) is 0 Å². The second-order valence-electron chi connectivity index (χ2n) is 12.2. The molecule has 9 nitrogen and oxygen atoms in total. The van der Waals surface area contributed by atoms with Crippen LogP contribution in [0.4, 0.5) is 11.4 Å². The molecule has 7 rings (SSSR count). The Morgan fingerprint density at radius 3 is 2.24 bits per heavy atom. The van der Waals surface area contributed by atoms with E-state index in [-0.39, 0.29) is 20.9 Å². The number of benzene rings is 1. The third-order valence-electron chi connectivity index (χ3n) is 9.35. The summed E-state index contributed by atoms with van der Waals surface area (Å²) in [6, 6.07) is 6.91. The molecule has 1 aromatic heterocycles. The van der Waals surface area contributed by atoms with E-state index in [1.807, 2.05) is 12.1 Å². The van der Waals surface area contributed by atoms with Crippen LogP contribution in [0.1, 0.15) is 54.4 Å². The molecule has 1 N–H and O–H groups in total. The van der Waals surface area contributed by atoms with Crippen molar-refractivity contribution < 1.29 is 26.4 Å². The lowest BCUT2D eigenvalue weighted by atomic mass is 9.66. The normalized spacial score (nSPS) is 24.7. The molecule has 2 saturated carbocycles. The second-order valence-corrected chi connectivity index (χ2v) is 17.0. The number of hydrogen-bond acceptors (Lipinski definition) is 7. The van der Waals surface area contributed by atoms with E-state index in [1.165, 1.54) is 23.2 Å². The molecule has 1 aromatic carbocycles. The number of carbonyl (C=O) groups excluding carboxylic acids is 1. The minimum absolute atomic E-state index is 0.0274. The first-order valence-corrected chi connectivity index (χ1v) is 17.2. The molecule has 38 heavy (non-hydrogen) atoms. The maximum atomic E-state index is 13.8. The van der Waals surface area contributed by atoms with Crippen LogP contribution in [0.5, 0.6) is 0 Å². The van der Waals surface area contributed by atoms with Gasteiger partial charge in [0.15, 0.2) is 0 Å². The Labute approximate surface area is 227 Å². The molecule has 0 atom stereocenters. The summed E-state index contributed by atoms with van der Waals surface area (Å²) in [4.78, 5) is 15.6. The van der Waals surface area contributed by atoms with Crippen molar-refractivity contribution in [2.45, 2.75) is 48.1 Å². The average Bonchev–Trinajstić information content (AvgIpc) is 3.23. The first-order chi connectivity index (χ1) is 17.9. The van der Waals surface area contributed by atoms with E-state index in [4.69, 9.17) is 4.74 Å². The van der Waals surface area contributed by atoms with Gasteiger partial charge in [-0.05, 0) is 73.8 Å². The number of rotatable bonds is 5. The summed E-state index contributed by atoms with van der Waals surface area (Å²) in [5.74, 6) is -0.219. The molecule has 5 aliphatic rings. The smallest absolute Gasteiger partial charge is 0.259 e. The summed E-state index contributed by atoms with van der Waals surface area (Å²) in [5, 5.41) is 1.64. The van der Waals surface area contributed by atoms with Crippen molar-refractivity contribution in [3.63, 3.8) is 0 Å². The van der Waals surface area contributed by atoms with Crippen LogP contribution in [-0.4, -0.2) is 66.2 Å². The van der Waals surface area contributed by atoms with E-state index in [0.717, 1.165) is 54.5 Å². The van der Waals surface area contributed by atoms with Gasteiger partial charge in [-0.2, -0.15) is 4.31 Å². The van der Waals surface area contributed by atoms with E-state index in [0.29, 0.717) is 49.5 Å². The predicted octanol–water partition coefficient (Wildman–Crippen LogP) is 3.39. The summed E-state index contributed by atoms with van der Waals surface area (Å²) in [6.07, 6.45) is 7.80. The lowest BCUT2D eigenvalue weighted by molar-refractivity contribution is -0.166. The monoisotopic (exact) mass is 577 g/mol. The highest BCUT2D eigenvalue weighted by Crippen LogP contribution is 2.62. The van der Waals surface area contributed by atoms with Crippen LogP contribution in [-0.2, 0) is 30.2 Å². The number of thiophene rings is 1. The standard InChI is InChI=1S/C26H31N3O6S3/c1-37(31,32)27-19-2-3-21-20(11-19)26(8-6-24(4-5-24)7-9-26)15-29(21)23(30)18-10-22(36-12-18)38(33,34)28-13-25(14-28)16-35-17-25/h2-3,10-12,27H,4-9,13-17H2,1H3. The van der Waals surface area contributed by atoms with Crippen molar-refractivity contribution in [3.05, 3.63) is 40.8 Å². The Bertz CT molecular complexity index is 1540. The summed E-state index contributed by atoms with van der Waals surface area (Å²) in [6.45, 7) is 2.65. The number of nitrogens with zero attached hydrogens (tertiary/aromatic N) is 2. The van der Waals surface area contributed by atoms with Gasteiger partial charge >= 0.3 is 0 Å². The van der Waals surface area contributed by atoms with Gasteiger partial charge in [0.1, 0.15) is 4.21 Å². The van der Waals surface area contributed by atoms with E-state index < -0.39 is 20.0 Å². The number of amides is 1. The van der Waals surface area contributed by atoms with Crippen LogP contribution in [0.2, 0.25) is 0 Å². The van der Waals surface area contributed by atoms with E-state index in [1.54, 1.807) is 16.3 Å². The number of ether oxygens (including phenoxy) is 1. The summed E-state index contributed by atoms with van der Waals surface area (Å²) in [5.41, 5.74) is 2.86. The zero-order valence-corrected chi connectivity index (χ0v) is 23.7. The van der Waals surface area contributed by atoms with Gasteiger partial charge in [0.25, 0.3) is 15.9 Å². The highest BCUT2D eigenvalue weighted by Gasteiger charge is 2.55. The number of nitrogens with one attached hydrogen (secondary N) is 1. The number of fused-ring (bicyclic) bond motifs is 2. The topological polar surface area (TPSA) is 113 Å². The minimum Gasteiger partial charge on any atom is -0.380 e. The van der Waals surface area contributed by atoms with Gasteiger partial charge in [0.05, 0.1) is 25.0 Å². The van der Waals surface area contributed by atoms with Gasteiger partial charge < -0.3 is 9.64 Å². The first kappa shape index (κ1) is 25.0. The fraction of sp³-hybridized carbons (Fsp3) is 0.577. The zero-order valence-electron chi connectivity index (χ0n) is 21.2. The molecular weight excluding hydrogens is 547 g/mol. The Hall–Kier alpha value is -1.99. The van der Waals surface area contributed by atoms with Crippen molar-refractivity contribution in [3.8, 4) is 0 Å². The quantitative estimate of drug-likeness (QED) is 0.583. The molecular formula is C26H31N3O6S3. The molecule has 3 spiro atoms. The molecule has 4 heterocycles. The Morgan fingerprint density at radius 2 is 1.63 bits per heavy atom. The maximum Gasteiger partial charge on any atom is 0.259 e. The van der Waals surface area contributed by atoms with Crippen LogP contribution in [0.25, 0.3) is 0 Å². The molecule has 0 bridgehead atoms. The second kappa shape index (κ2) is 8.03. The molecule has 1 amide bonds. The molecule has 0 unspecified atom stereocenters. The SMILES string of the molecule is CS(=O)(=O)Nc1ccc2c(c1)C1(CCC3(CC3)CC1)CN2C(=O)c1csc(S(=O)(=O)N2CC3(COC3)C2)c1. The lowest BCUT2D eigenvalue weighted by Crippen LogP contribution is -2.66. The molecule has 4 fully saturated rings. The fourth-order valence-electron chi connectivity index (χ4n) is 6.78. The van der Waals surface area contributed by atoms with Crippen LogP contribution in [0.15, 0.2) is 33.9 Å². The van der Waals surface area contributed by atoms with Crippen LogP contribution < -0.4 is 9.62 Å². The van der Waals surface area contributed by atoms with Gasteiger partial charge in [-0.3, -0.25) is 9.52 Å². The van der Waals surface area contributed by atoms with Crippen molar-refractivity contribution in [1.82, 2.24) is 4.31 Å². The molecule has 204 valence electrons. The van der Waals surface area contributed by atoms with Gasteiger partial charge in [-0.25, -0.2) is 16.8 Å². The average molecular weight is 578 g/mol. The summed E-state index contributed by atoms with van der Waals surface area (Å²) < 4.78 is 59.6. The number of carbonyl (C=O) groups is 1. The van der Waals surface area contributed by atoms with Crippen molar-refractivity contribution in [2.24, 2.45) is 10.8 Å². The van der Waals surface area contributed by atoms with Crippen molar-refractivity contribution >= 4 is 48.7 Å². The largest absolute Gasteiger partial charge is 0.380 e. The maximum absolute atomic E-state index is 13.8. The minimum atomic E-state index is -3.64. The molecule has 0 radical (unpaired) electrons. The van der Waals surface area contributed by atoms with E-state index >= 15 is 0 Å². The molecule has 3 aliphatic heterocycles. The van der Waals surface area contributed by atoms with Crippen LogP contribution in [0, 0.1) is 10.8 Å². The molecule has 12 heteroatoms. The third-order valence-corrected chi connectivity index (χ3v) is 13.2. The number of sulfonamides is 2. The van der Waals surface area contributed by atoms with Gasteiger partial charge in [-0.15, -0.1) is 11.3 Å². The Balaban J connectivity index is 1.17. The predicted molar refractivity (Wildman–Crippen MR) is 145 cm³/mol. The zero-order chi connectivity index (χ0) is 26.6. The Morgan fingerprint density at radius 1 is 0.947 bits per heavy atom. The number of anilines is 2. The molecule has 2 saturated heterocycles. The highest BCUT2D eigenvalue weighted by atomic mass is 32.2. The van der Waals surface area contributed by atoms with E-state index in [2.05, 4.69) is 4.72 Å². The van der Waals surface area contributed by atoms with Crippen LogP contribution >= 0.6 is 11.3 Å². The molecule has 2 aliphatic carbocycles. The third kappa shape index (κ3) is 3.94. The fourth-order valence-corrected chi connectivity index (χ4v) is 10.3. The summed E-state index contributed by atoms with van der Waals surface area (Å²) >= 11 is 1.09. The van der Waals surface area contributed by atoms with Gasteiger partial charge in [-0.1, -0.05) is 0 Å². The Kier molecular flexibility index (Phi) is 5.29. The van der Waals surface area contributed by atoms with E-state index in [9.17, 15) is 21.6 Å². The van der Waals surface area contributed by atoms with Gasteiger partial charge in [0.2, 0.25) is 10.0 Å². The van der Waals surface area contributed by atoms with Crippen LogP contribution in [0.3, 0.4) is 0 Å². The van der Waals surface area contributed by atoms with Gasteiger partial charge in [0, 0.05) is 47.2 Å². The lowest BCUT2D eigenvalue weighted by Gasteiger charge is -2.53. The highest BCUT2D eigenvalue weighted by molar-refractivity contribution is 7.92. The number of hydrogen-bond donors (Lipinski definition) is 1. The first-order valence-electron chi connectivity index (χ1n) is 13.0. The van der Waals surface area contributed by atoms with Crippen molar-refractivity contribution in [2.75, 3.05) is 48.7 Å².